The number of likely N-dealkylation sites (tertiary alicyclic amines) is 1. The van der Waals surface area contributed by atoms with E-state index in [0.29, 0.717) is 12.5 Å². The van der Waals surface area contributed by atoms with Gasteiger partial charge in [-0.3, -0.25) is 9.78 Å². The summed E-state index contributed by atoms with van der Waals surface area (Å²) in [6.45, 7) is 5.29. The van der Waals surface area contributed by atoms with Gasteiger partial charge in [-0.2, -0.15) is 0 Å². The Morgan fingerprint density at radius 1 is 1.32 bits per heavy atom. The summed E-state index contributed by atoms with van der Waals surface area (Å²) >= 11 is 0. The van der Waals surface area contributed by atoms with Gasteiger partial charge in [-0.05, 0) is 31.9 Å². The maximum Gasteiger partial charge on any atom is 0.241 e. The Balaban J connectivity index is 0.00000242. The van der Waals surface area contributed by atoms with Crippen molar-refractivity contribution in [3.63, 3.8) is 0 Å². The number of guanidine groups is 1. The predicted molar refractivity (Wildman–Crippen MR) is 98.3 cm³/mol. The molecule has 1 fully saturated rings. The molecule has 1 amide bonds. The van der Waals surface area contributed by atoms with Gasteiger partial charge in [-0.15, -0.1) is 24.0 Å². The van der Waals surface area contributed by atoms with Crippen molar-refractivity contribution in [2.45, 2.75) is 26.3 Å². The smallest absolute Gasteiger partial charge is 0.241 e. The summed E-state index contributed by atoms with van der Waals surface area (Å²) in [5, 5.41) is 6.23. The first-order valence-corrected chi connectivity index (χ1v) is 7.49. The molecule has 0 aliphatic carbocycles. The first-order chi connectivity index (χ1) is 10.3. The summed E-state index contributed by atoms with van der Waals surface area (Å²) in [6.07, 6.45) is 3.97. The van der Waals surface area contributed by atoms with Gasteiger partial charge in [0.2, 0.25) is 5.91 Å². The minimum absolute atomic E-state index is 0. The molecule has 1 saturated heterocycles. The summed E-state index contributed by atoms with van der Waals surface area (Å²) in [5.74, 6) is 0.784. The number of aliphatic imine (C=N–C) groups is 1. The van der Waals surface area contributed by atoms with Crippen LogP contribution in [0.4, 0.5) is 0 Å². The molecule has 1 aromatic rings. The molecule has 2 rings (SSSR count). The van der Waals surface area contributed by atoms with Crippen molar-refractivity contribution < 1.29 is 4.79 Å². The van der Waals surface area contributed by atoms with Crippen LogP contribution in [-0.4, -0.2) is 47.9 Å². The highest BCUT2D eigenvalue weighted by molar-refractivity contribution is 14.0. The second kappa shape index (κ2) is 10.4. The SMILES string of the molecule is CCNC(=NCc1ccccn1)NCC(=O)N1CCCC1.I. The molecule has 1 aliphatic rings. The van der Waals surface area contributed by atoms with Crippen LogP contribution in [0, 0.1) is 0 Å². The fraction of sp³-hybridized carbons (Fsp3) is 0.533. The topological polar surface area (TPSA) is 69.6 Å². The van der Waals surface area contributed by atoms with Gasteiger partial charge in [-0.25, -0.2) is 4.99 Å². The first kappa shape index (κ1) is 18.7. The van der Waals surface area contributed by atoms with E-state index in [1.54, 1.807) is 6.20 Å². The van der Waals surface area contributed by atoms with Crippen LogP contribution in [0.3, 0.4) is 0 Å². The highest BCUT2D eigenvalue weighted by Crippen LogP contribution is 2.06. The highest BCUT2D eigenvalue weighted by atomic mass is 127. The molecule has 0 atom stereocenters. The molecule has 2 N–H and O–H groups in total. The molecule has 2 heterocycles. The summed E-state index contributed by atoms with van der Waals surface area (Å²) in [5.41, 5.74) is 0.903. The second-order valence-corrected chi connectivity index (χ2v) is 4.96. The van der Waals surface area contributed by atoms with Gasteiger partial charge in [0.25, 0.3) is 0 Å². The summed E-state index contributed by atoms with van der Waals surface area (Å²) in [6, 6.07) is 5.75. The Morgan fingerprint density at radius 2 is 2.09 bits per heavy atom. The number of halogens is 1. The average molecular weight is 417 g/mol. The van der Waals surface area contributed by atoms with Crippen LogP contribution in [0.15, 0.2) is 29.4 Å². The van der Waals surface area contributed by atoms with E-state index >= 15 is 0 Å². The molecule has 1 aromatic heterocycles. The number of rotatable bonds is 5. The summed E-state index contributed by atoms with van der Waals surface area (Å²) in [7, 11) is 0. The van der Waals surface area contributed by atoms with E-state index < -0.39 is 0 Å². The van der Waals surface area contributed by atoms with Gasteiger partial charge in [0, 0.05) is 25.8 Å². The summed E-state index contributed by atoms with van der Waals surface area (Å²) in [4.78, 5) is 22.6. The molecule has 1 aliphatic heterocycles. The van der Waals surface area contributed by atoms with Crippen molar-refractivity contribution in [2.75, 3.05) is 26.2 Å². The Kier molecular flexibility index (Phi) is 8.79. The molecule has 0 bridgehead atoms. The van der Waals surface area contributed by atoms with Crippen LogP contribution in [0.1, 0.15) is 25.5 Å². The van der Waals surface area contributed by atoms with Gasteiger partial charge in [0.05, 0.1) is 18.8 Å². The van der Waals surface area contributed by atoms with Gasteiger partial charge in [0.1, 0.15) is 0 Å². The van der Waals surface area contributed by atoms with Crippen LogP contribution >= 0.6 is 24.0 Å². The minimum Gasteiger partial charge on any atom is -0.357 e. The number of nitrogens with zero attached hydrogens (tertiary/aromatic N) is 3. The molecule has 22 heavy (non-hydrogen) atoms. The van der Waals surface area contributed by atoms with Gasteiger partial charge in [0.15, 0.2) is 5.96 Å². The van der Waals surface area contributed by atoms with Crippen molar-refractivity contribution >= 4 is 35.8 Å². The first-order valence-electron chi connectivity index (χ1n) is 7.49. The fourth-order valence-corrected chi connectivity index (χ4v) is 2.23. The zero-order valence-corrected chi connectivity index (χ0v) is 15.2. The Bertz CT molecular complexity index is 474. The van der Waals surface area contributed by atoms with Crippen molar-refractivity contribution in [2.24, 2.45) is 4.99 Å². The number of amides is 1. The van der Waals surface area contributed by atoms with Crippen LogP contribution in [-0.2, 0) is 11.3 Å². The number of hydrogen-bond donors (Lipinski definition) is 2. The van der Waals surface area contributed by atoms with Crippen LogP contribution in [0.2, 0.25) is 0 Å². The molecule has 0 spiro atoms. The van der Waals surface area contributed by atoms with Crippen LogP contribution in [0.5, 0.6) is 0 Å². The standard InChI is InChI=1S/C15H23N5O.HI/c1-2-16-15(18-11-13-7-3-4-8-17-13)19-12-14(21)20-9-5-6-10-20;/h3-4,7-8H,2,5-6,9-12H2,1H3,(H2,16,18,19);1H. The quantitative estimate of drug-likeness (QED) is 0.432. The Morgan fingerprint density at radius 3 is 2.73 bits per heavy atom. The second-order valence-electron chi connectivity index (χ2n) is 4.96. The number of hydrogen-bond acceptors (Lipinski definition) is 3. The van der Waals surface area contributed by atoms with Crippen molar-refractivity contribution in [3.8, 4) is 0 Å². The maximum atomic E-state index is 12.0. The Hall–Kier alpha value is -1.38. The lowest BCUT2D eigenvalue weighted by Crippen LogP contribution is -2.44. The van der Waals surface area contributed by atoms with E-state index in [1.165, 1.54) is 0 Å². The van der Waals surface area contributed by atoms with Crippen molar-refractivity contribution in [1.82, 2.24) is 20.5 Å². The van der Waals surface area contributed by atoms with Gasteiger partial charge >= 0.3 is 0 Å². The number of nitrogens with one attached hydrogen (secondary N) is 2. The lowest BCUT2D eigenvalue weighted by molar-refractivity contribution is -0.128. The van der Waals surface area contributed by atoms with Crippen molar-refractivity contribution in [3.05, 3.63) is 30.1 Å². The van der Waals surface area contributed by atoms with Crippen molar-refractivity contribution in [1.29, 1.82) is 0 Å². The number of aromatic nitrogens is 1. The largest absolute Gasteiger partial charge is 0.357 e. The minimum atomic E-state index is 0. The molecule has 0 aromatic carbocycles. The number of carbonyl (C=O) groups excluding carboxylic acids is 1. The molecule has 0 radical (unpaired) electrons. The lowest BCUT2D eigenvalue weighted by Gasteiger charge is -2.17. The molecule has 0 saturated carbocycles. The van der Waals surface area contributed by atoms with E-state index in [9.17, 15) is 4.79 Å². The van der Waals surface area contributed by atoms with E-state index in [-0.39, 0.29) is 36.4 Å². The monoisotopic (exact) mass is 417 g/mol. The zero-order valence-electron chi connectivity index (χ0n) is 12.9. The van der Waals surface area contributed by atoms with Gasteiger partial charge in [-0.1, -0.05) is 6.07 Å². The van der Waals surface area contributed by atoms with Gasteiger partial charge < -0.3 is 15.5 Å². The molecular weight excluding hydrogens is 393 g/mol. The number of pyridine rings is 1. The Labute approximate surface area is 148 Å². The molecule has 6 nitrogen and oxygen atoms in total. The molecule has 122 valence electrons. The lowest BCUT2D eigenvalue weighted by atomic mass is 10.3. The third-order valence-electron chi connectivity index (χ3n) is 3.34. The fourth-order valence-electron chi connectivity index (χ4n) is 2.23. The average Bonchev–Trinajstić information content (AvgIpc) is 3.05. The summed E-state index contributed by atoms with van der Waals surface area (Å²) < 4.78 is 0. The van der Waals surface area contributed by atoms with E-state index in [1.807, 2.05) is 30.0 Å². The highest BCUT2D eigenvalue weighted by Gasteiger charge is 2.17. The molecular formula is C15H24IN5O. The third kappa shape index (κ3) is 6.17. The number of carbonyl (C=O) groups is 1. The van der Waals surface area contributed by atoms with E-state index in [4.69, 9.17) is 0 Å². The van der Waals surface area contributed by atoms with E-state index in [2.05, 4.69) is 20.6 Å². The third-order valence-corrected chi connectivity index (χ3v) is 3.34. The predicted octanol–water partition coefficient (Wildman–Crippen LogP) is 1.38. The maximum absolute atomic E-state index is 12.0. The molecule has 0 unspecified atom stereocenters. The normalized spacial score (nSPS) is 14.4. The zero-order chi connectivity index (χ0) is 14.9. The van der Waals surface area contributed by atoms with E-state index in [0.717, 1.165) is 38.2 Å². The molecule has 7 heteroatoms. The van der Waals surface area contributed by atoms with Crippen LogP contribution in [0.25, 0.3) is 0 Å². The van der Waals surface area contributed by atoms with Crippen LogP contribution < -0.4 is 10.6 Å².